The molecule has 0 bridgehead atoms. The van der Waals surface area contributed by atoms with Gasteiger partial charge >= 0.3 is 0 Å². The number of likely N-dealkylation sites (tertiary alicyclic amines) is 1. The molecule has 6 heteroatoms. The number of nitrogens with zero attached hydrogens (tertiary/aromatic N) is 2. The minimum Gasteiger partial charge on any atom is -0.391 e. The molecule has 0 spiro atoms. The first-order chi connectivity index (χ1) is 10.2. The molecule has 22 heavy (non-hydrogen) atoms. The van der Waals surface area contributed by atoms with Crippen molar-refractivity contribution in [2.24, 2.45) is 4.99 Å². The van der Waals surface area contributed by atoms with Crippen LogP contribution in [0, 0.1) is 0 Å². The molecular formula is C16H26IN3O2. The van der Waals surface area contributed by atoms with Crippen molar-refractivity contribution in [2.75, 3.05) is 26.7 Å². The lowest BCUT2D eigenvalue weighted by Gasteiger charge is -2.21. The molecule has 1 atom stereocenters. The van der Waals surface area contributed by atoms with Crippen LogP contribution in [-0.2, 0) is 17.9 Å². The zero-order valence-corrected chi connectivity index (χ0v) is 15.6. The van der Waals surface area contributed by atoms with Gasteiger partial charge in [0.2, 0.25) is 0 Å². The maximum absolute atomic E-state index is 9.66. The maximum atomic E-state index is 9.66. The summed E-state index contributed by atoms with van der Waals surface area (Å²) in [6, 6.07) is 8.28. The molecule has 2 N–H and O–H groups in total. The second-order valence-electron chi connectivity index (χ2n) is 5.31. The van der Waals surface area contributed by atoms with Gasteiger partial charge in [-0.25, -0.2) is 4.99 Å². The van der Waals surface area contributed by atoms with Crippen LogP contribution in [0.4, 0.5) is 0 Å². The van der Waals surface area contributed by atoms with Crippen LogP contribution in [0.25, 0.3) is 0 Å². The summed E-state index contributed by atoms with van der Waals surface area (Å²) in [6.45, 7) is 5.66. The fraction of sp³-hybridized carbons (Fsp3) is 0.562. The largest absolute Gasteiger partial charge is 0.391 e. The van der Waals surface area contributed by atoms with Gasteiger partial charge in [0.25, 0.3) is 0 Å². The quantitative estimate of drug-likeness (QED) is 0.436. The molecular weight excluding hydrogens is 393 g/mol. The Morgan fingerprint density at radius 3 is 2.86 bits per heavy atom. The SMILES string of the molecule is CCNC(=NCc1cccc(COC)c1)N1CC[C@@H](O)C1.I. The standard InChI is InChI=1S/C16H25N3O2.HI/c1-3-17-16(19-8-7-15(20)11-19)18-10-13-5-4-6-14(9-13)12-21-2;/h4-6,9,15,20H,3,7-8,10-12H2,1-2H3,(H,17,18);1H/t15-;/m1./s1. The summed E-state index contributed by atoms with van der Waals surface area (Å²) in [4.78, 5) is 6.80. The summed E-state index contributed by atoms with van der Waals surface area (Å²) >= 11 is 0. The minimum absolute atomic E-state index is 0. The van der Waals surface area contributed by atoms with Crippen molar-refractivity contribution in [1.82, 2.24) is 10.2 Å². The van der Waals surface area contributed by atoms with Crippen molar-refractivity contribution in [3.63, 3.8) is 0 Å². The molecule has 0 aromatic heterocycles. The van der Waals surface area contributed by atoms with Crippen LogP contribution in [0.2, 0.25) is 0 Å². The highest BCUT2D eigenvalue weighted by atomic mass is 127. The third kappa shape index (κ3) is 5.73. The Hall–Kier alpha value is -0.860. The number of rotatable bonds is 5. The summed E-state index contributed by atoms with van der Waals surface area (Å²) in [5.74, 6) is 0.881. The molecule has 1 heterocycles. The van der Waals surface area contributed by atoms with Crippen molar-refractivity contribution in [1.29, 1.82) is 0 Å². The first-order valence-electron chi connectivity index (χ1n) is 7.51. The van der Waals surface area contributed by atoms with Crippen LogP contribution in [0.1, 0.15) is 24.5 Å². The molecule has 0 saturated carbocycles. The predicted molar refractivity (Wildman–Crippen MR) is 99.6 cm³/mol. The lowest BCUT2D eigenvalue weighted by Crippen LogP contribution is -2.40. The van der Waals surface area contributed by atoms with E-state index in [1.165, 1.54) is 5.56 Å². The van der Waals surface area contributed by atoms with E-state index < -0.39 is 0 Å². The average molecular weight is 419 g/mol. The number of hydrogen-bond donors (Lipinski definition) is 2. The minimum atomic E-state index is -0.237. The van der Waals surface area contributed by atoms with Crippen LogP contribution < -0.4 is 5.32 Å². The topological polar surface area (TPSA) is 57.1 Å². The number of benzene rings is 1. The molecule has 1 saturated heterocycles. The molecule has 1 aliphatic rings. The van der Waals surface area contributed by atoms with E-state index in [0.717, 1.165) is 31.0 Å². The van der Waals surface area contributed by atoms with E-state index in [1.54, 1.807) is 7.11 Å². The molecule has 5 nitrogen and oxygen atoms in total. The number of ether oxygens (including phenoxy) is 1. The van der Waals surface area contributed by atoms with E-state index in [1.807, 2.05) is 6.07 Å². The van der Waals surface area contributed by atoms with Gasteiger partial charge in [-0.1, -0.05) is 24.3 Å². The monoisotopic (exact) mass is 419 g/mol. The zero-order chi connectivity index (χ0) is 15.1. The summed E-state index contributed by atoms with van der Waals surface area (Å²) in [5, 5.41) is 13.0. The Morgan fingerprint density at radius 1 is 1.45 bits per heavy atom. The number of halogens is 1. The highest BCUT2D eigenvalue weighted by molar-refractivity contribution is 14.0. The summed E-state index contributed by atoms with van der Waals surface area (Å²) in [7, 11) is 1.70. The second kappa shape index (κ2) is 10.0. The van der Waals surface area contributed by atoms with E-state index >= 15 is 0 Å². The van der Waals surface area contributed by atoms with E-state index in [4.69, 9.17) is 4.74 Å². The van der Waals surface area contributed by atoms with Gasteiger partial charge in [0, 0.05) is 26.7 Å². The lowest BCUT2D eigenvalue weighted by molar-refractivity contribution is 0.185. The summed E-state index contributed by atoms with van der Waals surface area (Å²) in [6.07, 6.45) is 0.576. The summed E-state index contributed by atoms with van der Waals surface area (Å²) < 4.78 is 5.16. The number of hydrogen-bond acceptors (Lipinski definition) is 3. The molecule has 1 aliphatic heterocycles. The average Bonchev–Trinajstić information content (AvgIpc) is 2.91. The number of guanidine groups is 1. The smallest absolute Gasteiger partial charge is 0.194 e. The first-order valence-corrected chi connectivity index (χ1v) is 7.51. The maximum Gasteiger partial charge on any atom is 0.194 e. The van der Waals surface area contributed by atoms with Crippen molar-refractivity contribution < 1.29 is 9.84 Å². The van der Waals surface area contributed by atoms with Crippen LogP contribution in [-0.4, -0.2) is 48.8 Å². The van der Waals surface area contributed by atoms with Gasteiger partial charge in [-0.15, -0.1) is 24.0 Å². The van der Waals surface area contributed by atoms with Gasteiger partial charge in [0.15, 0.2) is 5.96 Å². The Labute approximate surface area is 149 Å². The van der Waals surface area contributed by atoms with Crippen LogP contribution >= 0.6 is 24.0 Å². The Kier molecular flexibility index (Phi) is 8.74. The van der Waals surface area contributed by atoms with Crippen molar-refractivity contribution >= 4 is 29.9 Å². The van der Waals surface area contributed by atoms with Crippen molar-refractivity contribution in [3.8, 4) is 0 Å². The van der Waals surface area contributed by atoms with Gasteiger partial charge in [0.1, 0.15) is 0 Å². The zero-order valence-electron chi connectivity index (χ0n) is 13.3. The summed E-state index contributed by atoms with van der Waals surface area (Å²) in [5.41, 5.74) is 2.33. The van der Waals surface area contributed by atoms with E-state index in [0.29, 0.717) is 19.7 Å². The Balaban J connectivity index is 0.00000242. The van der Waals surface area contributed by atoms with E-state index in [9.17, 15) is 5.11 Å². The number of nitrogens with one attached hydrogen (secondary N) is 1. The molecule has 0 radical (unpaired) electrons. The van der Waals surface area contributed by atoms with Crippen LogP contribution in [0.5, 0.6) is 0 Å². The highest BCUT2D eigenvalue weighted by Gasteiger charge is 2.22. The number of aliphatic hydroxyl groups excluding tert-OH is 1. The molecule has 1 aromatic rings. The van der Waals surface area contributed by atoms with Crippen LogP contribution in [0.3, 0.4) is 0 Å². The molecule has 1 fully saturated rings. The normalized spacial score (nSPS) is 18.2. The van der Waals surface area contributed by atoms with Crippen molar-refractivity contribution in [3.05, 3.63) is 35.4 Å². The van der Waals surface area contributed by atoms with Crippen molar-refractivity contribution in [2.45, 2.75) is 32.6 Å². The third-order valence-electron chi connectivity index (χ3n) is 3.51. The highest BCUT2D eigenvalue weighted by Crippen LogP contribution is 2.11. The molecule has 2 rings (SSSR count). The Bertz CT molecular complexity index is 482. The third-order valence-corrected chi connectivity index (χ3v) is 3.51. The van der Waals surface area contributed by atoms with E-state index in [2.05, 4.69) is 40.3 Å². The fourth-order valence-electron chi connectivity index (χ4n) is 2.51. The van der Waals surface area contributed by atoms with Crippen LogP contribution in [0.15, 0.2) is 29.3 Å². The molecule has 1 aromatic carbocycles. The van der Waals surface area contributed by atoms with E-state index in [-0.39, 0.29) is 30.1 Å². The Morgan fingerprint density at radius 2 is 2.23 bits per heavy atom. The van der Waals surface area contributed by atoms with Gasteiger partial charge in [-0.05, 0) is 24.5 Å². The van der Waals surface area contributed by atoms with Gasteiger partial charge in [0.05, 0.1) is 19.3 Å². The van der Waals surface area contributed by atoms with Gasteiger partial charge in [-0.2, -0.15) is 0 Å². The fourth-order valence-corrected chi connectivity index (χ4v) is 2.51. The second-order valence-corrected chi connectivity index (χ2v) is 5.31. The number of methoxy groups -OCH3 is 1. The molecule has 124 valence electrons. The number of β-amino-alcohol motifs (C(OH)–C–C–N with tert-alkyl or cyclic N) is 1. The molecule has 0 amide bonds. The molecule has 0 unspecified atom stereocenters. The first kappa shape index (κ1) is 19.2. The lowest BCUT2D eigenvalue weighted by atomic mass is 10.1. The predicted octanol–water partition coefficient (Wildman–Crippen LogP) is 1.98. The van der Waals surface area contributed by atoms with Gasteiger partial charge < -0.3 is 20.1 Å². The molecule has 0 aliphatic carbocycles. The number of aliphatic hydroxyl groups is 1. The van der Waals surface area contributed by atoms with Gasteiger partial charge in [-0.3, -0.25) is 0 Å². The number of aliphatic imine (C=N–C) groups is 1.